The van der Waals surface area contributed by atoms with Crippen molar-refractivity contribution in [3.63, 3.8) is 0 Å². The highest BCUT2D eigenvalue weighted by Gasteiger charge is 2.25. The maximum Gasteiger partial charge on any atom is 0.259 e. The van der Waals surface area contributed by atoms with Crippen LogP contribution in [0.15, 0.2) is 67.0 Å². The smallest absolute Gasteiger partial charge is 0.259 e. The number of benzene rings is 2. The van der Waals surface area contributed by atoms with Crippen LogP contribution < -0.4 is 14.8 Å². The normalized spacial score (nSPS) is 14.5. The number of aromatic nitrogens is 4. The molecule has 190 valence electrons. The number of halogens is 1. The van der Waals surface area contributed by atoms with E-state index in [-0.39, 0.29) is 42.1 Å². The third-order valence-electron chi connectivity index (χ3n) is 5.76. The molecule has 1 amide bonds. The summed E-state index contributed by atoms with van der Waals surface area (Å²) in [6, 6.07) is 17.5. The van der Waals surface area contributed by atoms with E-state index in [2.05, 4.69) is 20.5 Å². The van der Waals surface area contributed by atoms with Crippen molar-refractivity contribution in [2.24, 2.45) is 0 Å². The summed E-state index contributed by atoms with van der Waals surface area (Å²) in [7, 11) is 0. The van der Waals surface area contributed by atoms with Gasteiger partial charge in [-0.1, -0.05) is 36.4 Å². The Kier molecular flexibility index (Phi) is 7.09. The van der Waals surface area contributed by atoms with Crippen molar-refractivity contribution in [1.29, 1.82) is 0 Å². The third kappa shape index (κ3) is 5.59. The molecule has 0 saturated heterocycles. The second kappa shape index (κ2) is 10.8. The van der Waals surface area contributed by atoms with E-state index < -0.39 is 17.8 Å². The highest BCUT2D eigenvalue weighted by Crippen LogP contribution is 2.34. The minimum absolute atomic E-state index is 0.129. The zero-order valence-corrected chi connectivity index (χ0v) is 20.4. The number of rotatable bonds is 8. The molecule has 1 aliphatic rings. The zero-order valence-electron chi connectivity index (χ0n) is 20.4. The summed E-state index contributed by atoms with van der Waals surface area (Å²) >= 11 is 0. The first kappa shape index (κ1) is 24.4. The molecule has 0 fully saturated rings. The standard InChI is InChI=1S/C27H26FN5O4/c1-17(2)33-16-29-32-26(33)22-9-6-10-25(30-22)31-27(34)20-11-24-23(12-21(20)28)36-15-19(37-24)14-35-13-18-7-4-3-5-8-18/h3-12,16-17,19H,13-15H2,1-2H3,(H,30,31,34)/t19-/m0/s1. The number of hydrogen-bond donors (Lipinski definition) is 1. The van der Waals surface area contributed by atoms with E-state index in [1.165, 1.54) is 6.07 Å². The second-order valence-corrected chi connectivity index (χ2v) is 8.85. The molecular formula is C27H26FN5O4. The van der Waals surface area contributed by atoms with E-state index in [9.17, 15) is 9.18 Å². The second-order valence-electron chi connectivity index (χ2n) is 8.85. The largest absolute Gasteiger partial charge is 0.486 e. The van der Waals surface area contributed by atoms with E-state index in [0.717, 1.165) is 11.6 Å². The molecule has 9 nitrogen and oxygen atoms in total. The minimum Gasteiger partial charge on any atom is -0.486 e. The molecule has 1 atom stereocenters. The van der Waals surface area contributed by atoms with Gasteiger partial charge in [0, 0.05) is 12.1 Å². The molecule has 1 aliphatic heterocycles. The predicted octanol–water partition coefficient (Wildman–Crippen LogP) is 4.67. The van der Waals surface area contributed by atoms with E-state index in [4.69, 9.17) is 14.2 Å². The Morgan fingerprint density at radius 3 is 2.81 bits per heavy atom. The lowest BCUT2D eigenvalue weighted by molar-refractivity contribution is 0.00249. The molecule has 0 radical (unpaired) electrons. The molecule has 5 rings (SSSR count). The Hall–Kier alpha value is -4.31. The third-order valence-corrected chi connectivity index (χ3v) is 5.76. The van der Waals surface area contributed by atoms with Gasteiger partial charge < -0.3 is 24.1 Å². The first-order valence-corrected chi connectivity index (χ1v) is 11.9. The predicted molar refractivity (Wildman–Crippen MR) is 134 cm³/mol. The maximum absolute atomic E-state index is 14.8. The van der Waals surface area contributed by atoms with Gasteiger partial charge in [0.15, 0.2) is 23.4 Å². The summed E-state index contributed by atoms with van der Waals surface area (Å²) in [6.45, 7) is 4.94. The lowest BCUT2D eigenvalue weighted by Crippen LogP contribution is -2.33. The van der Waals surface area contributed by atoms with Crippen LogP contribution in [0.3, 0.4) is 0 Å². The molecule has 0 unspecified atom stereocenters. The van der Waals surface area contributed by atoms with Gasteiger partial charge in [-0.15, -0.1) is 10.2 Å². The van der Waals surface area contributed by atoms with E-state index in [1.807, 2.05) is 48.7 Å². The molecule has 2 aromatic carbocycles. The van der Waals surface area contributed by atoms with Crippen LogP contribution in [-0.4, -0.2) is 45.0 Å². The van der Waals surface area contributed by atoms with Gasteiger partial charge in [-0.2, -0.15) is 0 Å². The van der Waals surface area contributed by atoms with Gasteiger partial charge in [0.2, 0.25) is 0 Å². The van der Waals surface area contributed by atoms with Crippen molar-refractivity contribution in [2.45, 2.75) is 32.6 Å². The van der Waals surface area contributed by atoms with Crippen LogP contribution in [0.25, 0.3) is 11.5 Å². The molecule has 10 heteroatoms. The van der Waals surface area contributed by atoms with Gasteiger partial charge in [-0.3, -0.25) is 4.79 Å². The molecule has 0 saturated carbocycles. The Balaban J connectivity index is 1.27. The van der Waals surface area contributed by atoms with Gasteiger partial charge in [0.05, 0.1) is 18.8 Å². The van der Waals surface area contributed by atoms with Crippen molar-refractivity contribution in [3.05, 3.63) is 83.9 Å². The summed E-state index contributed by atoms with van der Waals surface area (Å²) < 4.78 is 34.0. The molecule has 0 bridgehead atoms. The lowest BCUT2D eigenvalue weighted by Gasteiger charge is -2.27. The number of carbonyl (C=O) groups excluding carboxylic acids is 1. The summed E-state index contributed by atoms with van der Waals surface area (Å²) in [5.74, 6) is -0.0607. The molecular weight excluding hydrogens is 477 g/mol. The molecule has 2 aromatic heterocycles. The topological polar surface area (TPSA) is 100 Å². The Labute approximate surface area is 213 Å². The van der Waals surface area contributed by atoms with Crippen molar-refractivity contribution in [3.8, 4) is 23.0 Å². The van der Waals surface area contributed by atoms with Crippen LogP contribution >= 0.6 is 0 Å². The van der Waals surface area contributed by atoms with E-state index >= 15 is 0 Å². The van der Waals surface area contributed by atoms with Gasteiger partial charge in [-0.05, 0) is 37.6 Å². The summed E-state index contributed by atoms with van der Waals surface area (Å²) in [5.41, 5.74) is 1.39. The van der Waals surface area contributed by atoms with Crippen LogP contribution in [0.2, 0.25) is 0 Å². The highest BCUT2D eigenvalue weighted by molar-refractivity contribution is 6.04. The molecule has 0 aliphatic carbocycles. The van der Waals surface area contributed by atoms with Crippen molar-refractivity contribution >= 4 is 11.7 Å². The van der Waals surface area contributed by atoms with Crippen molar-refractivity contribution in [2.75, 3.05) is 18.5 Å². The van der Waals surface area contributed by atoms with Crippen LogP contribution in [0.5, 0.6) is 11.5 Å². The number of nitrogens with one attached hydrogen (secondary N) is 1. The van der Waals surface area contributed by atoms with Gasteiger partial charge in [-0.25, -0.2) is 9.37 Å². The number of carbonyl (C=O) groups is 1. The number of hydrogen-bond acceptors (Lipinski definition) is 7. The average Bonchev–Trinajstić information content (AvgIpc) is 3.40. The fourth-order valence-electron chi connectivity index (χ4n) is 3.89. The summed E-state index contributed by atoms with van der Waals surface area (Å²) in [5, 5.41) is 10.7. The zero-order chi connectivity index (χ0) is 25.8. The highest BCUT2D eigenvalue weighted by atomic mass is 19.1. The lowest BCUT2D eigenvalue weighted by atomic mass is 10.1. The molecule has 4 aromatic rings. The minimum atomic E-state index is -0.727. The van der Waals surface area contributed by atoms with Crippen LogP contribution in [0, 0.1) is 5.82 Å². The monoisotopic (exact) mass is 503 g/mol. The number of ether oxygens (including phenoxy) is 3. The fraction of sp³-hybridized carbons (Fsp3) is 0.259. The molecule has 3 heterocycles. The van der Waals surface area contributed by atoms with Crippen LogP contribution in [0.4, 0.5) is 10.2 Å². The SMILES string of the molecule is CC(C)n1cnnc1-c1cccc(NC(=O)c2cc3c(cc2F)OC[C@H](COCc2ccccc2)O3)n1. The van der Waals surface area contributed by atoms with Crippen LogP contribution in [-0.2, 0) is 11.3 Å². The molecule has 0 spiro atoms. The Bertz CT molecular complexity index is 1390. The number of nitrogens with zero attached hydrogens (tertiary/aromatic N) is 4. The number of fused-ring (bicyclic) bond motifs is 1. The number of anilines is 1. The van der Waals surface area contributed by atoms with E-state index in [0.29, 0.717) is 18.1 Å². The van der Waals surface area contributed by atoms with Gasteiger partial charge in [0.1, 0.15) is 30.3 Å². The fourth-order valence-corrected chi connectivity index (χ4v) is 3.89. The van der Waals surface area contributed by atoms with Crippen molar-refractivity contribution in [1.82, 2.24) is 19.7 Å². The average molecular weight is 504 g/mol. The number of pyridine rings is 1. The maximum atomic E-state index is 14.8. The summed E-state index contributed by atoms with van der Waals surface area (Å²) in [4.78, 5) is 17.4. The Morgan fingerprint density at radius 1 is 1.16 bits per heavy atom. The first-order valence-electron chi connectivity index (χ1n) is 11.9. The first-order chi connectivity index (χ1) is 18.0. The molecule has 1 N–H and O–H groups in total. The quantitative estimate of drug-likeness (QED) is 0.373. The van der Waals surface area contributed by atoms with Gasteiger partial charge >= 0.3 is 0 Å². The summed E-state index contributed by atoms with van der Waals surface area (Å²) in [6.07, 6.45) is 1.23. The Morgan fingerprint density at radius 2 is 2.00 bits per heavy atom. The van der Waals surface area contributed by atoms with Crippen molar-refractivity contribution < 1.29 is 23.4 Å². The van der Waals surface area contributed by atoms with Crippen LogP contribution in [0.1, 0.15) is 35.8 Å². The molecule has 37 heavy (non-hydrogen) atoms. The van der Waals surface area contributed by atoms with E-state index in [1.54, 1.807) is 24.5 Å². The van der Waals surface area contributed by atoms with Gasteiger partial charge in [0.25, 0.3) is 5.91 Å². The number of amides is 1.